The summed E-state index contributed by atoms with van der Waals surface area (Å²) in [5.41, 5.74) is 16.3. The lowest BCUT2D eigenvalue weighted by Gasteiger charge is -2.29. The van der Waals surface area contributed by atoms with Crippen molar-refractivity contribution in [3.63, 3.8) is 0 Å². The number of fused-ring (bicyclic) bond motifs is 5. The number of nitrogens with zero attached hydrogens (tertiary/aromatic N) is 3. The van der Waals surface area contributed by atoms with Gasteiger partial charge in [-0.25, -0.2) is 9.97 Å². The molecule has 2 atom stereocenters. The van der Waals surface area contributed by atoms with Crippen LogP contribution < -0.4 is 36.9 Å². The van der Waals surface area contributed by atoms with Crippen molar-refractivity contribution < 1.29 is 33.4 Å². The number of nitrogens with one attached hydrogen (secondary N) is 3. The molecule has 15 nitrogen and oxygen atoms in total. The lowest BCUT2D eigenvalue weighted by Crippen LogP contribution is -2.49. The topological polar surface area (TPSA) is 221 Å². The van der Waals surface area contributed by atoms with E-state index in [4.69, 9.17) is 20.9 Å². The molecule has 0 saturated heterocycles. The average Bonchev–Trinajstić information content (AvgIpc) is 3.19. The summed E-state index contributed by atoms with van der Waals surface area (Å²) in [6.45, 7) is 9.37. The minimum atomic E-state index is -1.28. The van der Waals surface area contributed by atoms with E-state index in [-0.39, 0.29) is 49.5 Å². The predicted molar refractivity (Wildman–Crippen MR) is 219 cm³/mol. The zero-order valence-corrected chi connectivity index (χ0v) is 33.8. The molecule has 2 heterocycles. The number of hydrogen-bond acceptors (Lipinski definition) is 11. The third-order valence-corrected chi connectivity index (χ3v) is 9.76. The third-order valence-electron chi connectivity index (χ3n) is 9.76. The molecule has 0 unspecified atom stereocenters. The summed E-state index contributed by atoms with van der Waals surface area (Å²) in [6, 6.07) is 16.2. The van der Waals surface area contributed by atoms with Crippen LogP contribution in [0.25, 0.3) is 22.5 Å². The summed E-state index contributed by atoms with van der Waals surface area (Å²) in [4.78, 5) is 77.1. The molecule has 4 aromatic rings. The molecule has 306 valence electrons. The molecule has 4 bridgehead atoms. The van der Waals surface area contributed by atoms with Crippen molar-refractivity contribution in [2.24, 2.45) is 11.5 Å². The van der Waals surface area contributed by atoms with E-state index in [9.17, 15) is 24.0 Å². The minimum Gasteiger partial charge on any atom is -0.492 e. The molecule has 1 aliphatic rings. The van der Waals surface area contributed by atoms with E-state index in [0.717, 1.165) is 16.7 Å². The Morgan fingerprint density at radius 3 is 2.17 bits per heavy atom. The van der Waals surface area contributed by atoms with Crippen LogP contribution in [0.2, 0.25) is 0 Å². The first kappa shape index (κ1) is 42.9. The van der Waals surface area contributed by atoms with Gasteiger partial charge in [0.2, 0.25) is 17.7 Å². The monoisotopic (exact) mass is 792 g/mol. The van der Waals surface area contributed by atoms with Gasteiger partial charge in [0.05, 0.1) is 30.4 Å². The van der Waals surface area contributed by atoms with Gasteiger partial charge in [0.15, 0.2) is 11.6 Å². The highest BCUT2D eigenvalue weighted by Gasteiger charge is 2.31. The van der Waals surface area contributed by atoms with Crippen molar-refractivity contribution in [3.05, 3.63) is 94.8 Å². The molecule has 58 heavy (non-hydrogen) atoms. The maximum atomic E-state index is 14.0. The molecule has 7 N–H and O–H groups in total. The van der Waals surface area contributed by atoms with Gasteiger partial charge in [-0.1, -0.05) is 57.2 Å². The second kappa shape index (κ2) is 18.8. The van der Waals surface area contributed by atoms with Crippen LogP contribution in [-0.4, -0.2) is 96.8 Å². The van der Waals surface area contributed by atoms with E-state index >= 15 is 0 Å². The van der Waals surface area contributed by atoms with Crippen LogP contribution in [0.3, 0.4) is 0 Å². The first-order valence-corrected chi connectivity index (χ1v) is 19.1. The van der Waals surface area contributed by atoms with Crippen LogP contribution in [-0.2, 0) is 31.0 Å². The Hall–Kier alpha value is -6.19. The number of ketones is 1. The van der Waals surface area contributed by atoms with E-state index in [2.05, 4.69) is 46.7 Å². The van der Waals surface area contributed by atoms with Crippen LogP contribution in [0, 0.1) is 6.92 Å². The zero-order valence-electron chi connectivity index (χ0n) is 33.8. The fourth-order valence-corrected chi connectivity index (χ4v) is 6.49. The van der Waals surface area contributed by atoms with E-state index in [0.29, 0.717) is 39.7 Å². The number of aromatic nitrogens is 2. The summed E-state index contributed by atoms with van der Waals surface area (Å²) >= 11 is 0. The molecule has 1 aliphatic heterocycles. The molecule has 4 amide bonds. The fourth-order valence-electron chi connectivity index (χ4n) is 6.49. The average molecular weight is 793 g/mol. The van der Waals surface area contributed by atoms with E-state index < -0.39 is 48.8 Å². The number of nitrogens with two attached hydrogens (primary N) is 2. The number of benzene rings is 3. The first-order valence-electron chi connectivity index (χ1n) is 19.1. The maximum absolute atomic E-state index is 14.0. The number of amides is 4. The summed E-state index contributed by atoms with van der Waals surface area (Å²) < 4.78 is 12.1. The number of likely N-dealkylation sites (N-methyl/N-ethyl adjacent to an activating group) is 1. The molecular formula is C43H52N8O7. The normalized spacial score (nSPS) is 15.7. The van der Waals surface area contributed by atoms with Crippen molar-refractivity contribution in [1.82, 2.24) is 30.8 Å². The molecule has 0 spiro atoms. The second-order valence-corrected chi connectivity index (χ2v) is 15.1. The Morgan fingerprint density at radius 1 is 0.931 bits per heavy atom. The van der Waals surface area contributed by atoms with Crippen molar-refractivity contribution in [2.45, 2.75) is 58.5 Å². The second-order valence-electron chi connectivity index (χ2n) is 15.1. The number of aryl methyl sites for hydroxylation is 1. The quantitative estimate of drug-likeness (QED) is 0.140. The van der Waals surface area contributed by atoms with Crippen LogP contribution in [0.15, 0.2) is 66.9 Å². The Labute approximate surface area is 338 Å². The summed E-state index contributed by atoms with van der Waals surface area (Å²) in [5.74, 6) is -1.39. The lowest BCUT2D eigenvalue weighted by molar-refractivity contribution is -0.139. The molecule has 0 radical (unpaired) electrons. The van der Waals surface area contributed by atoms with Gasteiger partial charge in [-0.15, -0.1) is 0 Å². The van der Waals surface area contributed by atoms with Gasteiger partial charge in [-0.05, 0) is 66.6 Å². The standard InChI is InChI=1S/C43H52N8O7/c1-25-33(22-46-40(49-25)28-8-11-30(12-9-28)43(3,4)5)41(55)48-24-38(54)51(6)39-29-10-14-36(58-18-16-45)32(21-29)31-19-27(7-13-35(31)57-17-15-44)20-34(26(2)52)50-37(53)23-47-42(39)56/h7-14,19,21-22,34,39H,15-18,20,23-24,44-45H2,1-6H3,(H,47,56)(H,48,55)(H,50,53)/t34-,39-/m0/s1. The molecule has 0 fully saturated rings. The fraction of sp³-hybridized carbons (Fsp3) is 0.372. The number of carbonyl (C=O) groups excluding carboxylic acids is 5. The molecule has 5 rings (SSSR count). The predicted octanol–water partition coefficient (Wildman–Crippen LogP) is 2.77. The lowest BCUT2D eigenvalue weighted by atomic mass is 9.87. The van der Waals surface area contributed by atoms with E-state index in [1.165, 1.54) is 25.1 Å². The Kier molecular flexibility index (Phi) is 13.9. The first-order chi connectivity index (χ1) is 27.6. The Morgan fingerprint density at radius 2 is 1.57 bits per heavy atom. The van der Waals surface area contributed by atoms with E-state index in [1.807, 2.05) is 30.3 Å². The minimum absolute atomic E-state index is 0.0142. The highest BCUT2D eigenvalue weighted by atomic mass is 16.5. The number of hydrogen-bond donors (Lipinski definition) is 5. The largest absolute Gasteiger partial charge is 0.492 e. The Bertz CT molecular complexity index is 2170. The van der Waals surface area contributed by atoms with Crippen molar-refractivity contribution in [1.29, 1.82) is 0 Å². The van der Waals surface area contributed by atoms with Crippen LogP contribution in [0.1, 0.15) is 66.5 Å². The number of rotatable bonds is 12. The van der Waals surface area contributed by atoms with Gasteiger partial charge >= 0.3 is 0 Å². The van der Waals surface area contributed by atoms with Crippen LogP contribution in [0.5, 0.6) is 11.5 Å². The molecule has 0 aliphatic carbocycles. The van der Waals surface area contributed by atoms with Crippen molar-refractivity contribution >= 4 is 29.4 Å². The summed E-state index contributed by atoms with van der Waals surface area (Å²) in [6.07, 6.45) is 1.59. The van der Waals surface area contributed by atoms with Crippen molar-refractivity contribution in [2.75, 3.05) is 46.4 Å². The Balaban J connectivity index is 1.45. The van der Waals surface area contributed by atoms with Gasteiger partial charge in [0.1, 0.15) is 30.8 Å². The van der Waals surface area contributed by atoms with Gasteiger partial charge in [0.25, 0.3) is 5.91 Å². The smallest absolute Gasteiger partial charge is 0.255 e. The molecule has 15 heteroatoms. The highest BCUT2D eigenvalue weighted by molar-refractivity contribution is 5.98. The number of Topliss-reactive ketones (excluding diaryl/α,β-unsaturated/α-hetero) is 1. The maximum Gasteiger partial charge on any atom is 0.255 e. The third kappa shape index (κ3) is 10.4. The van der Waals surface area contributed by atoms with Gasteiger partial charge in [0, 0.05) is 43.0 Å². The van der Waals surface area contributed by atoms with Gasteiger partial charge in [-0.2, -0.15) is 0 Å². The molecule has 1 aromatic heterocycles. The molecule has 3 aromatic carbocycles. The number of ether oxygens (including phenoxy) is 2. The van der Waals surface area contributed by atoms with Crippen LogP contribution in [0.4, 0.5) is 0 Å². The highest BCUT2D eigenvalue weighted by Crippen LogP contribution is 2.40. The van der Waals surface area contributed by atoms with Crippen LogP contribution >= 0.6 is 0 Å². The van der Waals surface area contributed by atoms with E-state index in [1.54, 1.807) is 37.3 Å². The zero-order chi connectivity index (χ0) is 42.1. The van der Waals surface area contributed by atoms with Gasteiger partial charge in [-0.3, -0.25) is 24.0 Å². The molecule has 0 saturated carbocycles. The molecular weight excluding hydrogens is 741 g/mol. The number of carbonyl (C=O) groups is 5. The summed E-state index contributed by atoms with van der Waals surface area (Å²) in [7, 11) is 1.43. The SMILES string of the molecule is CC(=O)[C@@H]1Cc2ccc(OCCN)c(c2)-c2cc(ccc2OCCN)[C@H](N(C)C(=O)CNC(=O)c2cnc(-c3ccc(C(C)(C)C)cc3)nc2C)C(=O)NCC(=O)N1. The van der Waals surface area contributed by atoms with Gasteiger partial charge < -0.3 is 41.8 Å². The summed E-state index contributed by atoms with van der Waals surface area (Å²) in [5, 5.41) is 7.96. The van der Waals surface area contributed by atoms with Crippen molar-refractivity contribution in [3.8, 4) is 34.0 Å².